The molecule has 0 saturated carbocycles. The summed E-state index contributed by atoms with van der Waals surface area (Å²) in [5.41, 5.74) is 3.27. The Morgan fingerprint density at radius 2 is 1.43 bits per heavy atom. The summed E-state index contributed by atoms with van der Waals surface area (Å²) in [5.74, 6) is -0.344. The molecule has 0 spiro atoms. The van der Waals surface area contributed by atoms with Crippen LogP contribution in [0.1, 0.15) is 35.6 Å². The van der Waals surface area contributed by atoms with Crippen LogP contribution >= 0.6 is 18.8 Å². The molecule has 5 aromatic rings. The fraction of sp³-hybridized carbons (Fsp3) is 0.364. The number of phenols is 2. The number of para-hydroxylation sites is 1. The number of carbonyl (C=O) groups is 1. The van der Waals surface area contributed by atoms with Gasteiger partial charge >= 0.3 is 41.3 Å². The molecule has 0 bridgehead atoms. The number of carbonyl (C=O) groups excluding carboxylic acids is 1. The first kappa shape index (κ1) is 49.7. The quantitative estimate of drug-likeness (QED) is 0.121. The number of nitrogens with two attached hydrogens (primary N) is 2. The average molecular weight is 1120 g/mol. The van der Waals surface area contributed by atoms with Gasteiger partial charge in [0.25, 0.3) is 0 Å². The third-order valence-corrected chi connectivity index (χ3v) is 11.5. The fourth-order valence-corrected chi connectivity index (χ4v) is 8.61. The predicted molar refractivity (Wildman–Crippen MR) is 230 cm³/mol. The maximum Gasteiger partial charge on any atom is -0.693 e. The monoisotopic (exact) mass is 1120 g/mol. The number of aromatic hydroxyl groups is 2. The largest absolute Gasteiger partial charge is 0.693 e. The van der Waals surface area contributed by atoms with Gasteiger partial charge in [-0.1, -0.05) is 12.1 Å². The molecule has 1 aliphatic carbocycles. The number of aliphatic hydroxyl groups is 2. The van der Waals surface area contributed by atoms with Crippen LogP contribution in [0.2, 0.25) is 0 Å². The number of esters is 1. The molecule has 18 nitrogen and oxygen atoms in total. The minimum atomic E-state index is -1.44. The Morgan fingerprint density at radius 3 is 2.09 bits per heavy atom. The Morgan fingerprint density at radius 1 is 0.785 bits per heavy atom. The van der Waals surface area contributed by atoms with E-state index in [9.17, 15) is 30.0 Å². The number of benzene rings is 4. The van der Waals surface area contributed by atoms with Crippen molar-refractivity contribution in [2.45, 2.75) is 55.9 Å². The Hall–Kier alpha value is -4.69. The Kier molecular flexibility index (Phi) is 16.3. The number of methoxy groups -OCH3 is 2. The number of cyclic esters (lactones) is 1. The zero-order valence-electron chi connectivity index (χ0n) is 34.8. The molecular weight excluding hydrogens is 1080 g/mol. The maximum atomic E-state index is 13.4. The Labute approximate surface area is 388 Å². The second-order valence-electron chi connectivity index (χ2n) is 15.1. The number of phenolic OH excluding ortho intramolecular Hbond substituents is 2. The molecular formula is C44H46Cl2N2O16Pt. The molecule has 0 radical (unpaired) electrons. The van der Waals surface area contributed by atoms with E-state index < -0.39 is 83.3 Å². The molecule has 4 aromatic carbocycles. The van der Waals surface area contributed by atoms with Crippen LogP contribution in [0.3, 0.4) is 0 Å². The predicted octanol–water partition coefficient (Wildman–Crippen LogP) is 7.31. The van der Waals surface area contributed by atoms with E-state index in [-0.39, 0.29) is 60.7 Å². The summed E-state index contributed by atoms with van der Waals surface area (Å²) in [6.07, 6.45) is -6.80. The third-order valence-electron chi connectivity index (χ3n) is 11.5. The van der Waals surface area contributed by atoms with Crippen molar-refractivity contribution in [1.29, 1.82) is 0 Å². The number of ether oxygens (including phenoxy) is 9. The Bertz CT molecular complexity index is 2490. The molecule has 5 heterocycles. The van der Waals surface area contributed by atoms with Gasteiger partial charge < -0.3 is 79.8 Å². The molecule has 1 aromatic heterocycles. The van der Waals surface area contributed by atoms with Crippen molar-refractivity contribution in [1.82, 2.24) is 0 Å². The van der Waals surface area contributed by atoms with Gasteiger partial charge in [-0.15, -0.1) is 0 Å². The summed E-state index contributed by atoms with van der Waals surface area (Å²) in [5, 5.41) is 42.3. The number of rotatable bonds is 6. The number of fused-ring (bicyclic) bond motifs is 5. The average Bonchev–Trinajstić information content (AvgIpc) is 3.92. The van der Waals surface area contributed by atoms with E-state index in [2.05, 4.69) is 0 Å². The molecule has 8 N–H and O–H groups in total. The smallest absolute Gasteiger partial charge is 0.693 e. The molecule has 4 aliphatic heterocycles. The molecule has 352 valence electrons. The van der Waals surface area contributed by atoms with Gasteiger partial charge in [-0.05, 0) is 84.3 Å². The van der Waals surface area contributed by atoms with Gasteiger partial charge in [-0.3, -0.25) is 9.59 Å². The fourth-order valence-electron chi connectivity index (χ4n) is 8.61. The molecule has 3 fully saturated rings. The SMILES string of the molecule is COc1cc([C@@H]2c3cc4c(cc3[C@@H](O[C@@H]3O[C@@H]5CO[C@@H](C)O[C@H]5[C@H](O)[C@H]3O)[C@H]3COC(=O)[C@H]23)OCO4)cc(OC)c1O.O=c1cc(-c2ccc(O)cc2)oc2ccccc12.[Cl][Pt+2][Cl].[NH2-].[NH2-]. The van der Waals surface area contributed by atoms with Crippen LogP contribution in [-0.2, 0) is 45.0 Å². The standard InChI is InChI=1S/C29H32O13.C15H10O3.2ClH.2H2N.Pt/c1-11-36-9-20-27(40-11)24(31)25(32)29(41-20)42-26-14-7-17-16(38-10-39-17)6-13(14)21(22-15(26)8-37-28(22)33)12-4-18(34-2)23(30)19(5-12)35-3;16-11-7-5-10(6-8-11)15-9-13(17)12-3-1-2-4-14(12)18-15;;;;;/h4-7,11,15,20-22,24-27,29-32H,8-10H2,1-3H3;1-9,16H;2*1H;2*1H2;/q;;;;2*-1;+4/p-2/t11-,15+,20-,21-,22+,24-,25-,26-,27-,29+;;;;;;/m1....../s1. The molecule has 3 saturated heterocycles. The van der Waals surface area contributed by atoms with Crippen molar-refractivity contribution in [2.24, 2.45) is 11.8 Å². The van der Waals surface area contributed by atoms with E-state index in [1.165, 1.54) is 20.3 Å². The first-order chi connectivity index (χ1) is 30.4. The summed E-state index contributed by atoms with van der Waals surface area (Å²) in [4.78, 5) is 25.3. The van der Waals surface area contributed by atoms with E-state index >= 15 is 0 Å². The molecule has 21 heteroatoms. The zero-order valence-corrected chi connectivity index (χ0v) is 38.6. The number of aliphatic hydroxyl groups excluding tert-OH is 2. The third kappa shape index (κ3) is 9.89. The maximum absolute atomic E-state index is 13.4. The number of hydrogen-bond acceptors (Lipinski definition) is 16. The van der Waals surface area contributed by atoms with Crippen molar-refractivity contribution in [3.63, 3.8) is 0 Å². The summed E-state index contributed by atoms with van der Waals surface area (Å²) in [7, 11) is 12.6. The summed E-state index contributed by atoms with van der Waals surface area (Å²) in [6.45, 7) is 1.93. The van der Waals surface area contributed by atoms with Gasteiger partial charge in [-0.25, -0.2) is 0 Å². The minimum Gasteiger partial charge on any atom is -0.693 e. The minimum absolute atomic E-state index is 0. The summed E-state index contributed by atoms with van der Waals surface area (Å²) >= 11 is -0.472. The van der Waals surface area contributed by atoms with E-state index in [1.807, 2.05) is 6.07 Å². The van der Waals surface area contributed by atoms with Crippen LogP contribution in [0.25, 0.3) is 34.6 Å². The van der Waals surface area contributed by atoms with Crippen LogP contribution in [0.4, 0.5) is 0 Å². The van der Waals surface area contributed by atoms with Crippen LogP contribution in [0.5, 0.6) is 34.5 Å². The normalized spacial score (nSPS) is 26.8. The second-order valence-corrected chi connectivity index (χ2v) is 18.3. The molecule has 0 amide bonds. The first-order valence-electron chi connectivity index (χ1n) is 19.6. The van der Waals surface area contributed by atoms with Gasteiger partial charge in [0.15, 0.2) is 41.0 Å². The van der Waals surface area contributed by atoms with E-state index in [0.717, 1.165) is 5.56 Å². The van der Waals surface area contributed by atoms with E-state index in [4.69, 9.17) is 65.9 Å². The molecule has 10 atom stereocenters. The van der Waals surface area contributed by atoms with Gasteiger partial charge in [0.1, 0.15) is 41.5 Å². The van der Waals surface area contributed by atoms with E-state index in [1.54, 1.807) is 73.7 Å². The van der Waals surface area contributed by atoms with E-state index in [0.29, 0.717) is 44.9 Å². The van der Waals surface area contributed by atoms with Crippen LogP contribution in [0, 0.1) is 11.8 Å². The van der Waals surface area contributed by atoms with Crippen molar-refractivity contribution in [2.75, 3.05) is 34.2 Å². The number of halogens is 2. The second kappa shape index (κ2) is 21.3. The van der Waals surface area contributed by atoms with Crippen LogP contribution in [-0.4, -0.2) is 97.6 Å². The van der Waals surface area contributed by atoms with Crippen molar-refractivity contribution < 1.29 is 88.8 Å². The van der Waals surface area contributed by atoms with Gasteiger partial charge in [0.2, 0.25) is 12.5 Å². The van der Waals surface area contributed by atoms with Gasteiger partial charge in [0, 0.05) is 23.5 Å². The van der Waals surface area contributed by atoms with Crippen LogP contribution in [0.15, 0.2) is 88.1 Å². The molecule has 10 rings (SSSR count). The van der Waals surface area contributed by atoms with Crippen molar-refractivity contribution in [3.8, 4) is 45.8 Å². The number of hydrogen-bond donors (Lipinski definition) is 4. The molecule has 5 aliphatic rings. The summed E-state index contributed by atoms with van der Waals surface area (Å²) in [6, 6.07) is 22.1. The van der Waals surface area contributed by atoms with Crippen molar-refractivity contribution >= 4 is 35.8 Å². The zero-order chi connectivity index (χ0) is 44.5. The molecule has 0 unspecified atom stereocenters. The summed E-state index contributed by atoms with van der Waals surface area (Å²) < 4.78 is 57.2. The molecule has 65 heavy (non-hydrogen) atoms. The van der Waals surface area contributed by atoms with Crippen molar-refractivity contribution in [3.05, 3.63) is 118 Å². The topological polar surface area (TPSA) is 278 Å². The van der Waals surface area contributed by atoms with Crippen LogP contribution < -0.4 is 24.4 Å². The Balaban J connectivity index is 0.000000254. The van der Waals surface area contributed by atoms with Gasteiger partial charge in [0.05, 0.1) is 44.8 Å². The van der Waals surface area contributed by atoms with Gasteiger partial charge in [-0.2, -0.15) is 0 Å². The first-order valence-corrected chi connectivity index (χ1v) is 25.2.